The van der Waals surface area contributed by atoms with Gasteiger partial charge in [-0.05, 0) is 32.0 Å². The number of anilines is 1. The number of aromatic nitrogens is 2. The highest BCUT2D eigenvalue weighted by molar-refractivity contribution is 5.72. The van der Waals surface area contributed by atoms with Crippen molar-refractivity contribution in [3.63, 3.8) is 0 Å². The lowest BCUT2D eigenvalue weighted by atomic mass is 9.83. The molecule has 3 aliphatic heterocycles. The summed E-state index contributed by atoms with van der Waals surface area (Å²) in [5, 5.41) is 0. The van der Waals surface area contributed by atoms with Crippen LogP contribution in [0.3, 0.4) is 0 Å². The molecule has 0 radical (unpaired) electrons. The zero-order valence-electron chi connectivity index (χ0n) is 17.0. The highest BCUT2D eigenvalue weighted by atomic mass is 16.6. The minimum Gasteiger partial charge on any atom is -0.465 e. The Kier molecular flexibility index (Phi) is 4.46. The van der Waals surface area contributed by atoms with Gasteiger partial charge in [0.25, 0.3) is 0 Å². The van der Waals surface area contributed by atoms with Crippen LogP contribution >= 0.6 is 0 Å². The lowest BCUT2D eigenvalue weighted by Crippen LogP contribution is -2.60. The number of hydrogen-bond acceptors (Lipinski definition) is 7. The molecule has 0 aliphatic carbocycles. The minimum atomic E-state index is -0.409. The zero-order valence-corrected chi connectivity index (χ0v) is 17.0. The van der Waals surface area contributed by atoms with Crippen molar-refractivity contribution in [3.8, 4) is 0 Å². The Morgan fingerprint density at radius 3 is 2.69 bits per heavy atom. The van der Waals surface area contributed by atoms with Crippen LogP contribution in [-0.4, -0.2) is 70.2 Å². The van der Waals surface area contributed by atoms with Crippen molar-refractivity contribution in [1.29, 1.82) is 0 Å². The lowest BCUT2D eigenvalue weighted by molar-refractivity contribution is -0.00720. The average molecular weight is 397 g/mol. The topological polar surface area (TPSA) is 74.9 Å². The summed E-state index contributed by atoms with van der Waals surface area (Å²) in [6.07, 6.45) is 3.28. The first-order valence-corrected chi connectivity index (χ1v) is 10.3. The molecular formula is C21H27N5O3. The molecular weight excluding hydrogens is 370 g/mol. The van der Waals surface area contributed by atoms with E-state index in [0.717, 1.165) is 68.7 Å². The van der Waals surface area contributed by atoms with E-state index in [-0.39, 0.29) is 12.1 Å². The molecule has 0 aromatic carbocycles. The summed E-state index contributed by atoms with van der Waals surface area (Å²) in [5.74, 6) is 3.63. The fourth-order valence-electron chi connectivity index (χ4n) is 4.91. The second-order valence-electron chi connectivity index (χ2n) is 8.34. The molecule has 1 spiro atoms. The molecule has 2 aromatic heterocycles. The summed E-state index contributed by atoms with van der Waals surface area (Å²) < 4.78 is 11.8. The van der Waals surface area contributed by atoms with Crippen LogP contribution in [0.25, 0.3) is 0 Å². The van der Waals surface area contributed by atoms with Gasteiger partial charge < -0.3 is 14.1 Å². The maximum Gasteiger partial charge on any atom is 0.410 e. The first-order chi connectivity index (χ1) is 14.0. The molecule has 0 bridgehead atoms. The molecule has 8 nitrogen and oxygen atoms in total. The molecule has 1 unspecified atom stereocenters. The molecule has 154 valence electrons. The first-order valence-electron chi connectivity index (χ1n) is 10.3. The molecule has 1 atom stereocenters. The van der Waals surface area contributed by atoms with E-state index in [1.165, 1.54) is 0 Å². The number of rotatable bonds is 3. The van der Waals surface area contributed by atoms with Crippen LogP contribution in [0.1, 0.15) is 30.2 Å². The second-order valence-corrected chi connectivity index (χ2v) is 8.34. The largest absolute Gasteiger partial charge is 0.465 e. The van der Waals surface area contributed by atoms with Gasteiger partial charge in [-0.25, -0.2) is 14.8 Å². The monoisotopic (exact) mass is 397 g/mol. The number of amides is 1. The number of hydrogen-bond donors (Lipinski definition) is 0. The van der Waals surface area contributed by atoms with Gasteiger partial charge in [0, 0.05) is 51.8 Å². The van der Waals surface area contributed by atoms with E-state index in [1.807, 2.05) is 36.9 Å². The third-order valence-electron chi connectivity index (χ3n) is 6.47. The number of aryl methyl sites for hydroxylation is 2. The van der Waals surface area contributed by atoms with Crippen molar-refractivity contribution >= 4 is 11.9 Å². The van der Waals surface area contributed by atoms with Crippen molar-refractivity contribution in [2.24, 2.45) is 0 Å². The van der Waals surface area contributed by atoms with Crippen LogP contribution in [0.15, 0.2) is 28.8 Å². The number of piperidine rings is 1. The van der Waals surface area contributed by atoms with E-state index < -0.39 is 5.60 Å². The van der Waals surface area contributed by atoms with Gasteiger partial charge in [-0.15, -0.1) is 0 Å². The SMILES string of the molecule is Cc1nccc(N2CCC3(CC2)OC(=O)N2CCN(Cc4ccc(C)o4)CC23)n1. The Morgan fingerprint density at radius 2 is 1.97 bits per heavy atom. The molecule has 1 amide bonds. The van der Waals surface area contributed by atoms with Crippen molar-refractivity contribution in [2.75, 3.05) is 37.6 Å². The summed E-state index contributed by atoms with van der Waals surface area (Å²) in [7, 11) is 0. The number of ether oxygens (including phenoxy) is 1. The van der Waals surface area contributed by atoms with Crippen LogP contribution in [0.5, 0.6) is 0 Å². The Bertz CT molecular complexity index is 905. The number of fused-ring (bicyclic) bond motifs is 2. The minimum absolute atomic E-state index is 0.0918. The predicted octanol–water partition coefficient (Wildman–Crippen LogP) is 2.36. The fraction of sp³-hybridized carbons (Fsp3) is 0.571. The normalized spacial score (nSPS) is 24.1. The molecule has 0 saturated carbocycles. The Balaban J connectivity index is 1.29. The number of nitrogens with zero attached hydrogens (tertiary/aromatic N) is 5. The van der Waals surface area contributed by atoms with E-state index in [9.17, 15) is 4.79 Å². The van der Waals surface area contributed by atoms with Gasteiger partial charge in [-0.2, -0.15) is 0 Å². The van der Waals surface area contributed by atoms with Crippen LogP contribution < -0.4 is 4.90 Å². The number of carbonyl (C=O) groups is 1. The van der Waals surface area contributed by atoms with E-state index >= 15 is 0 Å². The van der Waals surface area contributed by atoms with Gasteiger partial charge in [0.05, 0.1) is 12.6 Å². The molecule has 2 aromatic rings. The van der Waals surface area contributed by atoms with Gasteiger partial charge in [-0.3, -0.25) is 9.80 Å². The average Bonchev–Trinajstić information content (AvgIpc) is 3.23. The summed E-state index contributed by atoms with van der Waals surface area (Å²) in [4.78, 5) is 27.9. The second kappa shape index (κ2) is 7.02. The molecule has 0 N–H and O–H groups in total. The van der Waals surface area contributed by atoms with Crippen molar-refractivity contribution in [1.82, 2.24) is 19.8 Å². The standard InChI is InChI=1S/C21H27N5O3/c1-15-3-4-17(28-15)13-24-11-12-26-18(14-24)21(29-20(26)27)6-9-25(10-7-21)19-5-8-22-16(2)23-19/h3-5,8,18H,6-7,9-14H2,1-2H3. The fourth-order valence-corrected chi connectivity index (χ4v) is 4.91. The Hall–Kier alpha value is -2.61. The van der Waals surface area contributed by atoms with Gasteiger partial charge in [0.1, 0.15) is 28.8 Å². The number of piperazine rings is 1. The van der Waals surface area contributed by atoms with Crippen molar-refractivity contribution < 1.29 is 13.9 Å². The summed E-state index contributed by atoms with van der Waals surface area (Å²) >= 11 is 0. The van der Waals surface area contributed by atoms with E-state index in [0.29, 0.717) is 6.54 Å². The van der Waals surface area contributed by atoms with Gasteiger partial charge in [0.15, 0.2) is 0 Å². The molecule has 3 saturated heterocycles. The molecule has 3 aliphatic rings. The molecule has 3 fully saturated rings. The van der Waals surface area contributed by atoms with Gasteiger partial charge in [-0.1, -0.05) is 0 Å². The van der Waals surface area contributed by atoms with Crippen LogP contribution in [0.2, 0.25) is 0 Å². The summed E-state index contributed by atoms with van der Waals surface area (Å²) in [5.41, 5.74) is -0.409. The quantitative estimate of drug-likeness (QED) is 0.787. The third-order valence-corrected chi connectivity index (χ3v) is 6.47. The lowest BCUT2D eigenvalue weighted by Gasteiger charge is -2.45. The zero-order chi connectivity index (χ0) is 20.0. The van der Waals surface area contributed by atoms with Crippen LogP contribution in [0, 0.1) is 13.8 Å². The molecule has 8 heteroatoms. The summed E-state index contributed by atoms with van der Waals surface area (Å²) in [6, 6.07) is 6.08. The molecule has 29 heavy (non-hydrogen) atoms. The number of furan rings is 1. The maximum atomic E-state index is 12.6. The highest BCUT2D eigenvalue weighted by Crippen LogP contribution is 2.41. The predicted molar refractivity (Wildman–Crippen MR) is 107 cm³/mol. The smallest absolute Gasteiger partial charge is 0.410 e. The van der Waals surface area contributed by atoms with Crippen molar-refractivity contribution in [3.05, 3.63) is 41.7 Å². The third kappa shape index (κ3) is 3.35. The Labute approximate surface area is 170 Å². The number of carbonyl (C=O) groups excluding carboxylic acids is 1. The van der Waals surface area contributed by atoms with E-state index in [4.69, 9.17) is 9.15 Å². The van der Waals surface area contributed by atoms with Crippen molar-refractivity contribution in [2.45, 2.75) is 44.9 Å². The molecule has 5 heterocycles. The summed E-state index contributed by atoms with van der Waals surface area (Å²) in [6.45, 7) is 8.66. The molecule has 5 rings (SSSR count). The highest BCUT2D eigenvalue weighted by Gasteiger charge is 2.56. The van der Waals surface area contributed by atoms with Crippen LogP contribution in [0.4, 0.5) is 10.6 Å². The Morgan fingerprint density at radius 1 is 1.14 bits per heavy atom. The van der Waals surface area contributed by atoms with E-state index in [1.54, 1.807) is 6.20 Å². The van der Waals surface area contributed by atoms with Crippen LogP contribution in [-0.2, 0) is 11.3 Å². The van der Waals surface area contributed by atoms with E-state index in [2.05, 4.69) is 19.8 Å². The first kappa shape index (κ1) is 18.4. The maximum absolute atomic E-state index is 12.6. The van der Waals surface area contributed by atoms with Gasteiger partial charge in [0.2, 0.25) is 0 Å². The van der Waals surface area contributed by atoms with Gasteiger partial charge >= 0.3 is 6.09 Å².